The number of hydrogen-bond donors (Lipinski definition) is 1. The second-order valence-electron chi connectivity index (χ2n) is 9.62. The van der Waals surface area contributed by atoms with Crippen molar-refractivity contribution < 1.29 is 19.2 Å². The van der Waals surface area contributed by atoms with Crippen LogP contribution in [0, 0.1) is 0 Å². The molecule has 2 saturated carbocycles. The molecular weight excluding hydrogens is 501 g/mol. The normalized spacial score (nSPS) is 20.2. The number of carboxylic acid groups (broad SMARTS) is 1. The summed E-state index contributed by atoms with van der Waals surface area (Å²) in [6.45, 7) is 0.400. The van der Waals surface area contributed by atoms with E-state index in [9.17, 15) is 9.90 Å². The molecule has 0 amide bonds. The van der Waals surface area contributed by atoms with Crippen molar-refractivity contribution in [1.29, 1.82) is 0 Å². The van der Waals surface area contributed by atoms with E-state index in [1.807, 2.05) is 12.1 Å². The minimum Gasteiger partial charge on any atom is -0.478 e. The van der Waals surface area contributed by atoms with Gasteiger partial charge in [0, 0.05) is 23.1 Å². The van der Waals surface area contributed by atoms with E-state index in [2.05, 4.69) is 14.7 Å². The first-order valence-corrected chi connectivity index (χ1v) is 13.0. The van der Waals surface area contributed by atoms with E-state index in [1.54, 1.807) is 30.6 Å². The summed E-state index contributed by atoms with van der Waals surface area (Å²) in [5.74, 6) is 0.306. The van der Waals surface area contributed by atoms with Gasteiger partial charge in [-0.05, 0) is 62.8 Å². The molecular formula is C27H25Cl2N3O4. The highest BCUT2D eigenvalue weighted by Crippen LogP contribution is 2.46. The van der Waals surface area contributed by atoms with Crippen LogP contribution in [0.2, 0.25) is 10.0 Å². The van der Waals surface area contributed by atoms with Gasteiger partial charge in [-0.2, -0.15) is 0 Å². The SMILES string of the molecule is O=C(O)c1cccc2c1ncn2C1CCC(OCc2c(-c3c(Cl)cccc3Cl)noc2C2CC2)CC1. The lowest BCUT2D eigenvalue weighted by Crippen LogP contribution is -2.23. The van der Waals surface area contributed by atoms with Crippen molar-refractivity contribution in [3.8, 4) is 11.3 Å². The van der Waals surface area contributed by atoms with Crippen LogP contribution in [0.25, 0.3) is 22.3 Å². The molecule has 6 rings (SSSR count). The maximum Gasteiger partial charge on any atom is 0.337 e. The van der Waals surface area contributed by atoms with Gasteiger partial charge in [0.15, 0.2) is 0 Å². The largest absolute Gasteiger partial charge is 0.478 e. The highest BCUT2D eigenvalue weighted by molar-refractivity contribution is 6.39. The third-order valence-electron chi connectivity index (χ3n) is 7.30. The van der Waals surface area contributed by atoms with Gasteiger partial charge in [0.2, 0.25) is 0 Å². The fourth-order valence-electron chi connectivity index (χ4n) is 5.26. The van der Waals surface area contributed by atoms with Gasteiger partial charge in [0.25, 0.3) is 0 Å². The maximum absolute atomic E-state index is 11.5. The average Bonchev–Trinajstić information content (AvgIpc) is 3.49. The third-order valence-corrected chi connectivity index (χ3v) is 7.93. The summed E-state index contributed by atoms with van der Waals surface area (Å²) in [6.07, 6.45) is 7.70. The van der Waals surface area contributed by atoms with Crippen molar-refractivity contribution in [2.24, 2.45) is 0 Å². The molecule has 0 atom stereocenters. The van der Waals surface area contributed by atoms with Crippen LogP contribution in [0.3, 0.4) is 0 Å². The highest BCUT2D eigenvalue weighted by Gasteiger charge is 2.34. The zero-order valence-electron chi connectivity index (χ0n) is 19.5. The van der Waals surface area contributed by atoms with Crippen LogP contribution in [0.1, 0.15) is 72.2 Å². The van der Waals surface area contributed by atoms with E-state index < -0.39 is 5.97 Å². The molecule has 2 aromatic heterocycles. The first-order chi connectivity index (χ1) is 17.5. The molecule has 0 aliphatic heterocycles. The summed E-state index contributed by atoms with van der Waals surface area (Å²) < 4.78 is 14.3. The van der Waals surface area contributed by atoms with Gasteiger partial charge in [0.1, 0.15) is 17.0 Å². The van der Waals surface area contributed by atoms with Gasteiger partial charge in [-0.25, -0.2) is 9.78 Å². The summed E-state index contributed by atoms with van der Waals surface area (Å²) in [7, 11) is 0. The van der Waals surface area contributed by atoms with Gasteiger partial charge < -0.3 is 18.9 Å². The van der Waals surface area contributed by atoms with Crippen LogP contribution in [0.15, 0.2) is 47.2 Å². The number of aromatic nitrogens is 3. The number of fused-ring (bicyclic) bond motifs is 1. The number of ether oxygens (including phenoxy) is 1. The third kappa shape index (κ3) is 4.29. The summed E-state index contributed by atoms with van der Waals surface area (Å²) in [5, 5.41) is 14.9. The maximum atomic E-state index is 11.5. The number of rotatable bonds is 7. The average molecular weight is 526 g/mol. The van der Waals surface area contributed by atoms with Crippen molar-refractivity contribution in [3.05, 3.63) is 69.7 Å². The Kier molecular flexibility index (Phi) is 6.23. The molecule has 1 N–H and O–H groups in total. The van der Waals surface area contributed by atoms with Crippen LogP contribution in [0.5, 0.6) is 0 Å². The predicted molar refractivity (Wildman–Crippen MR) is 137 cm³/mol. The van der Waals surface area contributed by atoms with Crippen molar-refractivity contribution in [2.45, 2.75) is 63.2 Å². The quantitative estimate of drug-likeness (QED) is 0.272. The van der Waals surface area contributed by atoms with E-state index in [-0.39, 0.29) is 17.7 Å². The Morgan fingerprint density at radius 1 is 1.06 bits per heavy atom. The van der Waals surface area contributed by atoms with Crippen molar-refractivity contribution >= 4 is 40.2 Å². The minimum absolute atomic E-state index is 0.113. The number of nitrogens with zero attached hydrogens (tertiary/aromatic N) is 3. The van der Waals surface area contributed by atoms with E-state index in [0.29, 0.717) is 39.3 Å². The molecule has 4 aromatic rings. The smallest absolute Gasteiger partial charge is 0.337 e. The van der Waals surface area contributed by atoms with Gasteiger partial charge in [-0.1, -0.05) is 40.5 Å². The number of benzene rings is 2. The molecule has 0 unspecified atom stereocenters. The topological polar surface area (TPSA) is 90.4 Å². The first-order valence-electron chi connectivity index (χ1n) is 12.2. The number of hydrogen-bond acceptors (Lipinski definition) is 5. The molecule has 36 heavy (non-hydrogen) atoms. The molecule has 0 saturated heterocycles. The van der Waals surface area contributed by atoms with E-state index in [4.69, 9.17) is 32.5 Å². The summed E-state index contributed by atoms with van der Waals surface area (Å²) in [5.41, 5.74) is 3.93. The molecule has 7 nitrogen and oxygen atoms in total. The van der Waals surface area contributed by atoms with E-state index in [1.165, 1.54) is 0 Å². The van der Waals surface area contributed by atoms with Gasteiger partial charge in [-0.15, -0.1) is 0 Å². The number of halogens is 2. The molecule has 0 radical (unpaired) electrons. The Morgan fingerprint density at radius 2 is 1.78 bits per heavy atom. The molecule has 2 heterocycles. The number of aromatic carboxylic acids is 1. The second-order valence-corrected chi connectivity index (χ2v) is 10.4. The lowest BCUT2D eigenvalue weighted by molar-refractivity contribution is 0.00831. The number of carbonyl (C=O) groups is 1. The standard InChI is InChI=1S/C27H25Cl2N3O4/c28-20-4-2-5-21(29)23(20)25-19(26(36-31-25)15-7-8-15)13-35-17-11-9-16(10-12-17)32-14-30-24-18(27(33)34)3-1-6-22(24)32/h1-6,14-17H,7-13H2,(H,33,34). The zero-order chi connectivity index (χ0) is 24.8. The van der Waals surface area contributed by atoms with E-state index >= 15 is 0 Å². The van der Waals surface area contributed by atoms with Crippen molar-refractivity contribution in [2.75, 3.05) is 0 Å². The fourth-order valence-corrected chi connectivity index (χ4v) is 5.84. The zero-order valence-corrected chi connectivity index (χ0v) is 21.0. The molecule has 2 fully saturated rings. The molecule has 9 heteroatoms. The molecule has 0 bridgehead atoms. The lowest BCUT2D eigenvalue weighted by Gasteiger charge is -2.29. The summed E-state index contributed by atoms with van der Waals surface area (Å²) in [6, 6.07) is 11.0. The van der Waals surface area contributed by atoms with E-state index in [0.717, 1.165) is 55.4 Å². The Morgan fingerprint density at radius 3 is 2.47 bits per heavy atom. The first kappa shape index (κ1) is 23.5. The van der Waals surface area contributed by atoms with Crippen LogP contribution in [-0.2, 0) is 11.3 Å². The predicted octanol–water partition coefficient (Wildman–Crippen LogP) is 7.27. The monoisotopic (exact) mass is 525 g/mol. The Bertz CT molecular complexity index is 1410. The highest BCUT2D eigenvalue weighted by atomic mass is 35.5. The number of imidazole rings is 1. The van der Waals surface area contributed by atoms with Crippen molar-refractivity contribution in [3.63, 3.8) is 0 Å². The molecule has 2 aliphatic carbocycles. The molecule has 2 aromatic carbocycles. The minimum atomic E-state index is -0.959. The van der Waals surface area contributed by atoms with Crippen LogP contribution in [-0.4, -0.2) is 31.9 Å². The molecule has 0 spiro atoms. The number of para-hydroxylation sites is 1. The number of carboxylic acids is 1. The Balaban J connectivity index is 1.17. The summed E-state index contributed by atoms with van der Waals surface area (Å²) >= 11 is 13.0. The Hall–Kier alpha value is -2.87. The fraction of sp³-hybridized carbons (Fsp3) is 0.370. The second kappa shape index (κ2) is 9.54. The Labute approximate surface area is 218 Å². The van der Waals surface area contributed by atoms with Gasteiger partial charge >= 0.3 is 5.97 Å². The molecule has 186 valence electrons. The van der Waals surface area contributed by atoms with Crippen LogP contribution in [0.4, 0.5) is 0 Å². The van der Waals surface area contributed by atoms with Gasteiger partial charge in [-0.3, -0.25) is 0 Å². The van der Waals surface area contributed by atoms with Crippen LogP contribution >= 0.6 is 23.2 Å². The van der Waals surface area contributed by atoms with Gasteiger partial charge in [0.05, 0.1) is 40.2 Å². The summed E-state index contributed by atoms with van der Waals surface area (Å²) in [4.78, 5) is 15.9. The van der Waals surface area contributed by atoms with Crippen molar-refractivity contribution in [1.82, 2.24) is 14.7 Å². The lowest BCUT2D eigenvalue weighted by atomic mass is 9.92. The molecule has 2 aliphatic rings. The van der Waals surface area contributed by atoms with Crippen LogP contribution < -0.4 is 0 Å².